The van der Waals surface area contributed by atoms with E-state index >= 15 is 0 Å². The molecule has 0 aromatic heterocycles. The molecule has 0 fully saturated rings. The van der Waals surface area contributed by atoms with E-state index in [1.165, 1.54) is 0 Å². The second kappa shape index (κ2) is 6.35. The van der Waals surface area contributed by atoms with E-state index in [0.717, 1.165) is 31.2 Å². The van der Waals surface area contributed by atoms with E-state index in [1.807, 2.05) is 6.92 Å². The lowest BCUT2D eigenvalue weighted by Gasteiger charge is -2.14. The number of hydrogen-bond donors (Lipinski definition) is 0. The van der Waals surface area contributed by atoms with Crippen LogP contribution < -0.4 is 0 Å². The molecule has 1 aromatic carbocycles. The predicted octanol–water partition coefficient (Wildman–Crippen LogP) is 3.45. The third kappa shape index (κ3) is 4.18. The van der Waals surface area contributed by atoms with Gasteiger partial charge >= 0.3 is 0 Å². The minimum absolute atomic E-state index is 0.241. The van der Waals surface area contributed by atoms with Gasteiger partial charge in [-0.1, -0.05) is 29.8 Å². The number of hydrogen-bond acceptors (Lipinski definition) is 3. The van der Waals surface area contributed by atoms with Crippen LogP contribution in [0.15, 0.2) is 41.3 Å². The van der Waals surface area contributed by atoms with Gasteiger partial charge in [-0.2, -0.15) is 8.42 Å². The summed E-state index contributed by atoms with van der Waals surface area (Å²) < 4.78 is 29.3. The fraction of sp³-hybridized carbons (Fsp3) is 0.467. The molecule has 0 saturated heterocycles. The van der Waals surface area contributed by atoms with Crippen molar-refractivity contribution in [2.45, 2.75) is 37.5 Å². The molecule has 4 heteroatoms. The highest BCUT2D eigenvalue weighted by molar-refractivity contribution is 7.86. The highest BCUT2D eigenvalue weighted by Gasteiger charge is 2.18. The Bertz CT molecular complexity index is 519. The van der Waals surface area contributed by atoms with Crippen molar-refractivity contribution in [3.63, 3.8) is 0 Å². The molecule has 0 unspecified atom stereocenters. The molecule has 0 heterocycles. The summed E-state index contributed by atoms with van der Waals surface area (Å²) in [6, 6.07) is 6.76. The van der Waals surface area contributed by atoms with Crippen molar-refractivity contribution >= 4 is 10.1 Å². The van der Waals surface area contributed by atoms with Crippen molar-refractivity contribution in [1.82, 2.24) is 0 Å². The summed E-state index contributed by atoms with van der Waals surface area (Å²) in [5.41, 5.74) is 1.04. The first-order valence-corrected chi connectivity index (χ1v) is 8.10. The molecule has 0 bridgehead atoms. The van der Waals surface area contributed by atoms with Crippen LogP contribution in [-0.2, 0) is 14.3 Å². The molecule has 0 N–H and O–H groups in total. The van der Waals surface area contributed by atoms with Gasteiger partial charge in [0.05, 0.1) is 11.5 Å². The molecular weight excluding hydrogens is 260 g/mol. The maximum atomic E-state index is 12.0. The third-order valence-corrected chi connectivity index (χ3v) is 4.71. The summed E-state index contributed by atoms with van der Waals surface area (Å²) in [5, 5.41) is 0. The highest BCUT2D eigenvalue weighted by Crippen LogP contribution is 2.21. The van der Waals surface area contributed by atoms with Crippen LogP contribution in [0.25, 0.3) is 0 Å². The van der Waals surface area contributed by atoms with Crippen LogP contribution in [0.3, 0.4) is 0 Å². The minimum atomic E-state index is -3.61. The van der Waals surface area contributed by atoms with E-state index in [0.29, 0.717) is 5.92 Å². The fourth-order valence-corrected chi connectivity index (χ4v) is 3.15. The molecule has 0 saturated carbocycles. The lowest BCUT2D eigenvalue weighted by Crippen LogP contribution is -2.14. The Balaban J connectivity index is 1.95. The first-order chi connectivity index (χ1) is 9.08. The van der Waals surface area contributed by atoms with Gasteiger partial charge in [0, 0.05) is 0 Å². The van der Waals surface area contributed by atoms with E-state index in [-0.39, 0.29) is 11.5 Å². The van der Waals surface area contributed by atoms with Gasteiger partial charge in [-0.25, -0.2) is 0 Å². The van der Waals surface area contributed by atoms with Crippen molar-refractivity contribution in [2.75, 3.05) is 6.61 Å². The molecule has 0 amide bonds. The molecule has 0 atom stereocenters. The second-order valence-electron chi connectivity index (χ2n) is 5.04. The first-order valence-electron chi connectivity index (χ1n) is 6.69. The van der Waals surface area contributed by atoms with Gasteiger partial charge < -0.3 is 0 Å². The van der Waals surface area contributed by atoms with Crippen molar-refractivity contribution in [3.05, 3.63) is 42.0 Å². The van der Waals surface area contributed by atoms with Crippen LogP contribution in [0.2, 0.25) is 0 Å². The first kappa shape index (κ1) is 14.3. The SMILES string of the molecule is Cc1ccc(S(=O)(=O)OCC2CCC=CCC2)cc1. The van der Waals surface area contributed by atoms with E-state index in [9.17, 15) is 8.42 Å². The summed E-state index contributed by atoms with van der Waals surface area (Å²) >= 11 is 0. The van der Waals surface area contributed by atoms with Crippen molar-refractivity contribution in [2.24, 2.45) is 5.92 Å². The average molecular weight is 280 g/mol. The van der Waals surface area contributed by atoms with Gasteiger partial charge in [0.2, 0.25) is 0 Å². The Kier molecular flexibility index (Phi) is 4.77. The summed E-state index contributed by atoms with van der Waals surface area (Å²) in [6.07, 6.45) is 8.35. The molecule has 3 nitrogen and oxygen atoms in total. The third-order valence-electron chi connectivity index (χ3n) is 3.42. The van der Waals surface area contributed by atoms with Gasteiger partial charge in [0.25, 0.3) is 10.1 Å². The lowest BCUT2D eigenvalue weighted by molar-refractivity contribution is 0.240. The molecular formula is C15H20O3S. The molecule has 1 aromatic rings. The Morgan fingerprint density at radius 2 is 1.68 bits per heavy atom. The fourth-order valence-electron chi connectivity index (χ4n) is 2.17. The minimum Gasteiger partial charge on any atom is -0.266 e. The van der Waals surface area contributed by atoms with Crippen LogP contribution >= 0.6 is 0 Å². The van der Waals surface area contributed by atoms with E-state index in [1.54, 1.807) is 24.3 Å². The van der Waals surface area contributed by atoms with Gasteiger partial charge in [-0.15, -0.1) is 0 Å². The molecule has 1 aliphatic rings. The van der Waals surface area contributed by atoms with E-state index in [2.05, 4.69) is 12.2 Å². The van der Waals surface area contributed by atoms with Crippen LogP contribution in [-0.4, -0.2) is 15.0 Å². The van der Waals surface area contributed by atoms with Crippen molar-refractivity contribution in [1.29, 1.82) is 0 Å². The molecule has 19 heavy (non-hydrogen) atoms. The van der Waals surface area contributed by atoms with Crippen LogP contribution in [0, 0.1) is 12.8 Å². The lowest BCUT2D eigenvalue weighted by atomic mass is 10.0. The predicted molar refractivity (Wildman–Crippen MR) is 75.4 cm³/mol. The summed E-state index contributed by atoms with van der Waals surface area (Å²) in [4.78, 5) is 0.241. The molecule has 1 aliphatic carbocycles. The molecule has 0 radical (unpaired) electrons. The van der Waals surface area contributed by atoms with Crippen LogP contribution in [0.5, 0.6) is 0 Å². The maximum absolute atomic E-state index is 12.0. The van der Waals surface area contributed by atoms with E-state index < -0.39 is 10.1 Å². The summed E-state index contributed by atoms with van der Waals surface area (Å²) in [6.45, 7) is 2.22. The van der Waals surface area contributed by atoms with Crippen LogP contribution in [0.1, 0.15) is 31.2 Å². The zero-order valence-corrected chi connectivity index (χ0v) is 12.0. The number of aryl methyl sites for hydroxylation is 1. The number of benzene rings is 1. The van der Waals surface area contributed by atoms with Crippen molar-refractivity contribution in [3.8, 4) is 0 Å². The zero-order valence-electron chi connectivity index (χ0n) is 11.2. The Labute approximate surface area is 115 Å². The molecule has 104 valence electrons. The van der Waals surface area contributed by atoms with Gasteiger partial charge in [0.1, 0.15) is 0 Å². The molecule has 2 rings (SSSR count). The smallest absolute Gasteiger partial charge is 0.266 e. The molecule has 0 aliphatic heterocycles. The van der Waals surface area contributed by atoms with Gasteiger partial charge in [-0.3, -0.25) is 4.18 Å². The molecule has 0 spiro atoms. The largest absolute Gasteiger partial charge is 0.296 e. The van der Waals surface area contributed by atoms with Crippen LogP contribution in [0.4, 0.5) is 0 Å². The summed E-state index contributed by atoms with van der Waals surface area (Å²) in [7, 11) is -3.61. The zero-order chi connectivity index (χ0) is 13.7. The quantitative estimate of drug-likeness (QED) is 0.626. The monoisotopic (exact) mass is 280 g/mol. The normalized spacial score (nSPS) is 17.3. The van der Waals surface area contributed by atoms with E-state index in [4.69, 9.17) is 4.18 Å². The Morgan fingerprint density at radius 3 is 2.26 bits per heavy atom. The average Bonchev–Trinajstić information content (AvgIpc) is 2.65. The number of allylic oxidation sites excluding steroid dienone is 2. The summed E-state index contributed by atoms with van der Waals surface area (Å²) in [5.74, 6) is 0.329. The maximum Gasteiger partial charge on any atom is 0.296 e. The van der Waals surface area contributed by atoms with Gasteiger partial charge in [-0.05, 0) is 50.7 Å². The topological polar surface area (TPSA) is 43.4 Å². The standard InChI is InChI=1S/C15H20O3S/c1-13-8-10-15(11-9-13)19(16,17)18-12-14-6-4-2-3-5-7-14/h2-3,8-11,14H,4-7,12H2,1H3. The Hall–Kier alpha value is -1.13. The van der Waals surface area contributed by atoms with Gasteiger partial charge in [0.15, 0.2) is 0 Å². The van der Waals surface area contributed by atoms with Crippen molar-refractivity contribution < 1.29 is 12.6 Å². The second-order valence-corrected chi connectivity index (χ2v) is 6.66. The number of rotatable bonds is 4. The highest BCUT2D eigenvalue weighted by atomic mass is 32.2. The Morgan fingerprint density at radius 1 is 1.11 bits per heavy atom.